The van der Waals surface area contributed by atoms with Crippen LogP contribution >= 0.6 is 11.8 Å². The van der Waals surface area contributed by atoms with E-state index in [-0.39, 0.29) is 12.5 Å². The third-order valence-corrected chi connectivity index (χ3v) is 3.85. The van der Waals surface area contributed by atoms with Gasteiger partial charge in [-0.25, -0.2) is 0 Å². The van der Waals surface area contributed by atoms with Crippen LogP contribution in [0.25, 0.3) is 0 Å². The molecule has 0 atom stereocenters. The Kier molecular flexibility index (Phi) is 8.34. The van der Waals surface area contributed by atoms with Crippen LogP contribution in [0.4, 0.5) is 0 Å². The molecule has 0 radical (unpaired) electrons. The number of carbonyl (C=O) groups is 1. The number of aryl methyl sites for hydroxylation is 1. The first-order valence-electron chi connectivity index (χ1n) is 6.68. The zero-order chi connectivity index (χ0) is 14.8. The predicted molar refractivity (Wildman–Crippen MR) is 82.9 cm³/mol. The fourth-order valence-electron chi connectivity index (χ4n) is 1.83. The third kappa shape index (κ3) is 6.41. The van der Waals surface area contributed by atoms with Crippen LogP contribution in [0.1, 0.15) is 11.1 Å². The first-order chi connectivity index (χ1) is 9.67. The molecule has 0 unspecified atom stereocenters. The Morgan fingerprint density at radius 1 is 1.40 bits per heavy atom. The smallest absolute Gasteiger partial charge is 0.232 e. The normalized spacial score (nSPS) is 10.6. The van der Waals surface area contributed by atoms with Crippen LogP contribution < -0.4 is 0 Å². The number of amides is 1. The van der Waals surface area contributed by atoms with E-state index < -0.39 is 0 Å². The van der Waals surface area contributed by atoms with Gasteiger partial charge in [-0.2, -0.15) is 0 Å². The molecule has 0 heterocycles. The van der Waals surface area contributed by atoms with Crippen LogP contribution in [0.15, 0.2) is 24.3 Å². The summed E-state index contributed by atoms with van der Waals surface area (Å²) in [6.45, 7) is 3.44. The number of aliphatic hydroxyl groups excluding tert-OH is 1. The molecule has 0 spiro atoms. The molecule has 5 heteroatoms. The molecule has 1 aromatic rings. The summed E-state index contributed by atoms with van der Waals surface area (Å²) in [5.41, 5.74) is 2.46. The lowest BCUT2D eigenvalue weighted by atomic mass is 10.2. The second-order valence-corrected chi connectivity index (χ2v) is 5.56. The molecule has 1 amide bonds. The third-order valence-electron chi connectivity index (χ3n) is 2.86. The molecule has 20 heavy (non-hydrogen) atoms. The van der Waals surface area contributed by atoms with Crippen molar-refractivity contribution in [3.05, 3.63) is 35.4 Å². The minimum Gasteiger partial charge on any atom is -0.395 e. The maximum atomic E-state index is 12.0. The van der Waals surface area contributed by atoms with Crippen molar-refractivity contribution < 1.29 is 14.6 Å². The summed E-state index contributed by atoms with van der Waals surface area (Å²) >= 11 is 1.60. The Morgan fingerprint density at radius 2 is 2.20 bits per heavy atom. The molecule has 4 nitrogen and oxygen atoms in total. The van der Waals surface area contributed by atoms with Crippen molar-refractivity contribution in [2.75, 3.05) is 39.2 Å². The lowest BCUT2D eigenvalue weighted by Gasteiger charge is -2.21. The summed E-state index contributed by atoms with van der Waals surface area (Å²) in [5.74, 6) is 1.30. The standard InChI is InChI=1S/C15H23NO3S/c1-13-4-3-5-14(10-13)11-20-12-15(18)16(6-8-17)7-9-19-2/h3-5,10,17H,6-9,11-12H2,1-2H3. The van der Waals surface area contributed by atoms with E-state index in [1.54, 1.807) is 23.8 Å². The molecule has 1 N–H and O–H groups in total. The quantitative estimate of drug-likeness (QED) is 0.754. The monoisotopic (exact) mass is 297 g/mol. The Bertz CT molecular complexity index is 412. The molecule has 0 aliphatic heterocycles. The first-order valence-corrected chi connectivity index (χ1v) is 7.83. The maximum absolute atomic E-state index is 12.0. The zero-order valence-electron chi connectivity index (χ0n) is 12.2. The summed E-state index contributed by atoms with van der Waals surface area (Å²) in [6, 6.07) is 8.30. The number of benzene rings is 1. The number of thioether (sulfide) groups is 1. The first kappa shape index (κ1) is 17.0. The van der Waals surface area contributed by atoms with E-state index in [1.807, 2.05) is 6.07 Å². The van der Waals surface area contributed by atoms with Gasteiger partial charge in [-0.3, -0.25) is 4.79 Å². The van der Waals surface area contributed by atoms with Crippen molar-refractivity contribution in [3.63, 3.8) is 0 Å². The molecule has 0 aliphatic rings. The maximum Gasteiger partial charge on any atom is 0.232 e. The number of hydrogen-bond donors (Lipinski definition) is 1. The van der Waals surface area contributed by atoms with Gasteiger partial charge in [0.25, 0.3) is 0 Å². The highest BCUT2D eigenvalue weighted by atomic mass is 32.2. The van der Waals surface area contributed by atoms with Gasteiger partial charge in [-0.1, -0.05) is 29.8 Å². The van der Waals surface area contributed by atoms with Crippen molar-refractivity contribution in [1.82, 2.24) is 4.90 Å². The number of methoxy groups -OCH3 is 1. The van der Waals surface area contributed by atoms with E-state index >= 15 is 0 Å². The molecule has 1 rings (SSSR count). The number of aliphatic hydroxyl groups is 1. The molecule has 1 aromatic carbocycles. The minimum absolute atomic E-state index is 0.0159. The second-order valence-electron chi connectivity index (χ2n) is 4.58. The van der Waals surface area contributed by atoms with Gasteiger partial charge in [0.1, 0.15) is 0 Å². The van der Waals surface area contributed by atoms with Crippen LogP contribution in [0, 0.1) is 6.92 Å². The van der Waals surface area contributed by atoms with E-state index in [2.05, 4.69) is 25.1 Å². The fourth-order valence-corrected chi connectivity index (χ4v) is 2.71. The van der Waals surface area contributed by atoms with Crippen molar-refractivity contribution in [2.24, 2.45) is 0 Å². The molecule has 0 fully saturated rings. The highest BCUT2D eigenvalue weighted by Gasteiger charge is 2.12. The van der Waals surface area contributed by atoms with Gasteiger partial charge in [-0.05, 0) is 12.5 Å². The van der Waals surface area contributed by atoms with Crippen LogP contribution in [0.5, 0.6) is 0 Å². The van der Waals surface area contributed by atoms with Crippen LogP contribution in [-0.4, -0.2) is 55.1 Å². The predicted octanol–water partition coefficient (Wildman–Crippen LogP) is 1.70. The van der Waals surface area contributed by atoms with Crippen molar-refractivity contribution in [1.29, 1.82) is 0 Å². The summed E-state index contributed by atoms with van der Waals surface area (Å²) in [6.07, 6.45) is 0. The summed E-state index contributed by atoms with van der Waals surface area (Å²) in [4.78, 5) is 13.7. The molecule has 0 saturated carbocycles. The highest BCUT2D eigenvalue weighted by molar-refractivity contribution is 7.99. The Hall–Kier alpha value is -1.04. The van der Waals surface area contributed by atoms with Gasteiger partial charge < -0.3 is 14.7 Å². The minimum atomic E-state index is -0.0159. The van der Waals surface area contributed by atoms with Crippen molar-refractivity contribution in [2.45, 2.75) is 12.7 Å². The Labute approximate surface area is 125 Å². The Balaban J connectivity index is 2.36. The number of hydrogen-bond acceptors (Lipinski definition) is 4. The lowest BCUT2D eigenvalue weighted by Crippen LogP contribution is -2.37. The van der Waals surface area contributed by atoms with Crippen LogP contribution in [-0.2, 0) is 15.3 Å². The number of carbonyl (C=O) groups excluding carboxylic acids is 1. The molecule has 0 saturated heterocycles. The van der Waals surface area contributed by atoms with E-state index in [4.69, 9.17) is 9.84 Å². The molecule has 0 aromatic heterocycles. The topological polar surface area (TPSA) is 49.8 Å². The van der Waals surface area contributed by atoms with Gasteiger partial charge in [0.05, 0.1) is 19.0 Å². The zero-order valence-corrected chi connectivity index (χ0v) is 13.0. The lowest BCUT2D eigenvalue weighted by molar-refractivity contribution is -0.129. The molecule has 0 aliphatic carbocycles. The summed E-state index contributed by atoms with van der Waals surface area (Å²) in [5, 5.41) is 8.98. The average Bonchev–Trinajstić information content (AvgIpc) is 2.43. The second kappa shape index (κ2) is 9.80. The molecular weight excluding hydrogens is 274 g/mol. The van der Waals surface area contributed by atoms with E-state index in [0.29, 0.717) is 25.4 Å². The van der Waals surface area contributed by atoms with Gasteiger partial charge in [0.2, 0.25) is 5.91 Å². The molecule has 0 bridgehead atoms. The van der Waals surface area contributed by atoms with Gasteiger partial charge in [0, 0.05) is 26.0 Å². The molecule has 112 valence electrons. The van der Waals surface area contributed by atoms with E-state index in [0.717, 1.165) is 5.75 Å². The SMILES string of the molecule is COCCN(CCO)C(=O)CSCc1cccc(C)c1. The van der Waals surface area contributed by atoms with Gasteiger partial charge >= 0.3 is 0 Å². The summed E-state index contributed by atoms with van der Waals surface area (Å²) < 4.78 is 4.97. The number of nitrogens with zero attached hydrogens (tertiary/aromatic N) is 1. The fraction of sp³-hybridized carbons (Fsp3) is 0.533. The highest BCUT2D eigenvalue weighted by Crippen LogP contribution is 2.14. The van der Waals surface area contributed by atoms with Crippen molar-refractivity contribution >= 4 is 17.7 Å². The Morgan fingerprint density at radius 3 is 2.85 bits per heavy atom. The largest absolute Gasteiger partial charge is 0.395 e. The van der Waals surface area contributed by atoms with E-state index in [9.17, 15) is 4.79 Å². The van der Waals surface area contributed by atoms with Crippen LogP contribution in [0.3, 0.4) is 0 Å². The number of rotatable bonds is 9. The van der Waals surface area contributed by atoms with E-state index in [1.165, 1.54) is 11.1 Å². The van der Waals surface area contributed by atoms with Crippen LogP contribution in [0.2, 0.25) is 0 Å². The summed E-state index contributed by atoms with van der Waals surface area (Å²) in [7, 11) is 1.61. The average molecular weight is 297 g/mol. The molecular formula is C15H23NO3S. The van der Waals surface area contributed by atoms with Gasteiger partial charge in [-0.15, -0.1) is 11.8 Å². The number of ether oxygens (including phenoxy) is 1. The van der Waals surface area contributed by atoms with Crippen molar-refractivity contribution in [3.8, 4) is 0 Å². The van der Waals surface area contributed by atoms with Gasteiger partial charge in [0.15, 0.2) is 0 Å².